The average molecular weight is 276 g/mol. The first-order chi connectivity index (χ1) is 9.55. The molecule has 1 aromatic carbocycles. The zero-order valence-corrected chi connectivity index (χ0v) is 12.1. The van der Waals surface area contributed by atoms with Crippen LogP contribution >= 0.6 is 0 Å². The van der Waals surface area contributed by atoms with Crippen LogP contribution in [0.5, 0.6) is 5.75 Å². The second kappa shape index (κ2) is 6.27. The second-order valence-corrected chi connectivity index (χ2v) is 5.82. The third-order valence-corrected chi connectivity index (χ3v) is 4.42. The van der Waals surface area contributed by atoms with Crippen LogP contribution in [0.1, 0.15) is 38.2 Å². The van der Waals surface area contributed by atoms with E-state index < -0.39 is 0 Å². The summed E-state index contributed by atoms with van der Waals surface area (Å²) in [5.41, 5.74) is 6.51. The highest BCUT2D eigenvalue weighted by Crippen LogP contribution is 2.37. The predicted molar refractivity (Wildman–Crippen MR) is 79.6 cm³/mol. The molecule has 1 heterocycles. The molecule has 1 amide bonds. The van der Waals surface area contributed by atoms with Crippen LogP contribution in [-0.2, 0) is 10.2 Å². The van der Waals surface area contributed by atoms with Crippen LogP contribution in [0.2, 0.25) is 0 Å². The molecular weight excluding hydrogens is 252 g/mol. The maximum Gasteiger partial charge on any atom is 0.231 e. The smallest absolute Gasteiger partial charge is 0.231 e. The van der Waals surface area contributed by atoms with Crippen molar-refractivity contribution in [2.75, 3.05) is 19.6 Å². The summed E-state index contributed by atoms with van der Waals surface area (Å²) in [5, 5.41) is 9.75. The molecule has 4 nitrogen and oxygen atoms in total. The Bertz CT molecular complexity index is 475. The molecule has 1 atom stereocenters. The molecule has 20 heavy (non-hydrogen) atoms. The summed E-state index contributed by atoms with van der Waals surface area (Å²) in [6.07, 6.45) is 4.31. The fourth-order valence-electron chi connectivity index (χ4n) is 3.30. The second-order valence-electron chi connectivity index (χ2n) is 5.82. The summed E-state index contributed by atoms with van der Waals surface area (Å²) in [6.45, 7) is 4.25. The number of primary amides is 1. The van der Waals surface area contributed by atoms with Crippen molar-refractivity contribution in [1.29, 1.82) is 0 Å². The van der Waals surface area contributed by atoms with Crippen molar-refractivity contribution < 1.29 is 9.90 Å². The Balaban J connectivity index is 2.29. The number of amides is 1. The standard InChI is InChI=1S/C16H24N2O2/c1-2-16(13-6-5-7-14(19)10-13)8-3-4-9-18(12-16)11-15(17)20/h5-7,10,19H,2-4,8-9,11-12H2,1H3,(H2,17,20). The molecule has 3 N–H and O–H groups in total. The molecule has 0 aliphatic carbocycles. The lowest BCUT2D eigenvalue weighted by Crippen LogP contribution is -2.42. The number of benzene rings is 1. The topological polar surface area (TPSA) is 66.6 Å². The Morgan fingerprint density at radius 3 is 2.90 bits per heavy atom. The average Bonchev–Trinajstić information content (AvgIpc) is 2.61. The Morgan fingerprint density at radius 1 is 1.45 bits per heavy atom. The van der Waals surface area contributed by atoms with Gasteiger partial charge in [-0.15, -0.1) is 0 Å². The predicted octanol–water partition coefficient (Wildman–Crippen LogP) is 2.01. The SMILES string of the molecule is CCC1(c2cccc(O)c2)CCCCN(CC(N)=O)C1. The quantitative estimate of drug-likeness (QED) is 0.884. The van der Waals surface area contributed by atoms with Crippen molar-refractivity contribution >= 4 is 5.91 Å². The van der Waals surface area contributed by atoms with Gasteiger partial charge >= 0.3 is 0 Å². The van der Waals surface area contributed by atoms with Crippen molar-refractivity contribution in [3.05, 3.63) is 29.8 Å². The zero-order valence-electron chi connectivity index (χ0n) is 12.1. The van der Waals surface area contributed by atoms with E-state index in [4.69, 9.17) is 5.73 Å². The molecule has 1 aliphatic rings. The summed E-state index contributed by atoms with van der Waals surface area (Å²) >= 11 is 0. The molecule has 0 bridgehead atoms. The van der Waals surface area contributed by atoms with E-state index in [9.17, 15) is 9.90 Å². The lowest BCUT2D eigenvalue weighted by atomic mass is 9.74. The minimum absolute atomic E-state index is 0.00465. The van der Waals surface area contributed by atoms with Crippen molar-refractivity contribution in [3.63, 3.8) is 0 Å². The van der Waals surface area contributed by atoms with Gasteiger partial charge < -0.3 is 10.8 Å². The number of phenols is 1. The first-order valence-corrected chi connectivity index (χ1v) is 7.36. The molecule has 2 rings (SSSR count). The number of rotatable bonds is 4. The molecule has 0 spiro atoms. The molecule has 0 radical (unpaired) electrons. The number of aromatic hydroxyl groups is 1. The molecule has 1 aliphatic heterocycles. The minimum atomic E-state index is -0.271. The monoisotopic (exact) mass is 276 g/mol. The van der Waals surface area contributed by atoms with Gasteiger partial charge in [0, 0.05) is 12.0 Å². The number of phenolic OH excluding ortho intramolecular Hbond substituents is 1. The molecule has 0 aromatic heterocycles. The largest absolute Gasteiger partial charge is 0.508 e. The minimum Gasteiger partial charge on any atom is -0.508 e. The van der Waals surface area contributed by atoms with Crippen molar-refractivity contribution in [2.24, 2.45) is 5.73 Å². The molecule has 1 unspecified atom stereocenters. The molecule has 1 saturated heterocycles. The van der Waals surface area contributed by atoms with E-state index in [1.165, 1.54) is 0 Å². The summed E-state index contributed by atoms with van der Waals surface area (Å²) in [7, 11) is 0. The van der Waals surface area contributed by atoms with Gasteiger partial charge in [-0.25, -0.2) is 0 Å². The molecular formula is C16H24N2O2. The van der Waals surface area contributed by atoms with Gasteiger partial charge in [-0.05, 0) is 43.5 Å². The fraction of sp³-hybridized carbons (Fsp3) is 0.562. The maximum absolute atomic E-state index is 11.2. The van der Waals surface area contributed by atoms with Gasteiger partial charge in [0.15, 0.2) is 0 Å². The Hall–Kier alpha value is -1.55. The van der Waals surface area contributed by atoms with E-state index in [-0.39, 0.29) is 11.3 Å². The van der Waals surface area contributed by atoms with Crippen LogP contribution in [0.25, 0.3) is 0 Å². The number of nitrogens with two attached hydrogens (primary N) is 1. The summed E-state index contributed by atoms with van der Waals surface area (Å²) in [6, 6.07) is 7.53. The Labute approximate surface area is 120 Å². The third kappa shape index (κ3) is 3.31. The molecule has 110 valence electrons. The van der Waals surface area contributed by atoms with E-state index in [0.29, 0.717) is 12.3 Å². The van der Waals surface area contributed by atoms with Gasteiger partial charge in [-0.2, -0.15) is 0 Å². The molecule has 4 heteroatoms. The zero-order chi connectivity index (χ0) is 14.6. The highest BCUT2D eigenvalue weighted by atomic mass is 16.3. The van der Waals surface area contributed by atoms with Crippen LogP contribution in [0.3, 0.4) is 0 Å². The van der Waals surface area contributed by atoms with Gasteiger partial charge in [0.1, 0.15) is 5.75 Å². The van der Waals surface area contributed by atoms with E-state index in [1.807, 2.05) is 12.1 Å². The van der Waals surface area contributed by atoms with Gasteiger partial charge in [0.25, 0.3) is 0 Å². The van der Waals surface area contributed by atoms with Gasteiger partial charge in [0.05, 0.1) is 6.54 Å². The third-order valence-electron chi connectivity index (χ3n) is 4.42. The molecule has 1 aromatic rings. The number of carbonyl (C=O) groups is 1. The highest BCUT2D eigenvalue weighted by molar-refractivity contribution is 5.75. The molecule has 0 saturated carbocycles. The lowest BCUT2D eigenvalue weighted by Gasteiger charge is -2.36. The van der Waals surface area contributed by atoms with E-state index in [2.05, 4.69) is 17.9 Å². The van der Waals surface area contributed by atoms with Crippen LogP contribution in [0.15, 0.2) is 24.3 Å². The Morgan fingerprint density at radius 2 is 2.25 bits per heavy atom. The van der Waals surface area contributed by atoms with Crippen LogP contribution in [0.4, 0.5) is 0 Å². The number of likely N-dealkylation sites (tertiary alicyclic amines) is 1. The first-order valence-electron chi connectivity index (χ1n) is 7.36. The molecule has 1 fully saturated rings. The maximum atomic E-state index is 11.2. The van der Waals surface area contributed by atoms with Crippen molar-refractivity contribution in [3.8, 4) is 5.75 Å². The van der Waals surface area contributed by atoms with E-state index in [0.717, 1.165) is 44.3 Å². The highest BCUT2D eigenvalue weighted by Gasteiger charge is 2.34. The van der Waals surface area contributed by atoms with Gasteiger partial charge in [-0.1, -0.05) is 25.5 Å². The number of nitrogens with zero attached hydrogens (tertiary/aromatic N) is 1. The van der Waals surface area contributed by atoms with Crippen LogP contribution in [0, 0.1) is 0 Å². The summed E-state index contributed by atoms with van der Waals surface area (Å²) in [4.78, 5) is 13.4. The number of hydrogen-bond donors (Lipinski definition) is 2. The summed E-state index contributed by atoms with van der Waals surface area (Å²) in [5.74, 6) is 0.0360. The fourth-order valence-corrected chi connectivity index (χ4v) is 3.30. The van der Waals surface area contributed by atoms with Gasteiger partial charge in [0.2, 0.25) is 5.91 Å². The number of hydrogen-bond acceptors (Lipinski definition) is 3. The van der Waals surface area contributed by atoms with Crippen molar-refractivity contribution in [2.45, 2.75) is 38.0 Å². The normalized spacial score (nSPS) is 24.2. The van der Waals surface area contributed by atoms with Crippen molar-refractivity contribution in [1.82, 2.24) is 4.90 Å². The number of carbonyl (C=O) groups excluding carboxylic acids is 1. The Kier molecular flexibility index (Phi) is 4.65. The first kappa shape index (κ1) is 14.9. The van der Waals surface area contributed by atoms with Gasteiger partial charge in [-0.3, -0.25) is 9.69 Å². The van der Waals surface area contributed by atoms with E-state index >= 15 is 0 Å². The van der Waals surface area contributed by atoms with Crippen LogP contribution < -0.4 is 5.73 Å². The summed E-state index contributed by atoms with van der Waals surface area (Å²) < 4.78 is 0. The lowest BCUT2D eigenvalue weighted by molar-refractivity contribution is -0.119. The van der Waals surface area contributed by atoms with E-state index in [1.54, 1.807) is 6.07 Å². The van der Waals surface area contributed by atoms with Crippen LogP contribution in [-0.4, -0.2) is 35.5 Å².